The Morgan fingerprint density at radius 2 is 1.50 bits per heavy atom. The Morgan fingerprint density at radius 3 is 2.09 bits per heavy atom. The number of benzene rings is 2. The second kappa shape index (κ2) is 7.77. The van der Waals surface area contributed by atoms with Gasteiger partial charge in [0.15, 0.2) is 0 Å². The molecule has 0 aromatic heterocycles. The summed E-state index contributed by atoms with van der Waals surface area (Å²) in [7, 11) is -3.88. The van der Waals surface area contributed by atoms with Crippen LogP contribution in [-0.2, 0) is 10.0 Å². The lowest BCUT2D eigenvalue weighted by atomic mass is 10.2. The molecular weight excluding hydrogens is 758 g/mol. The van der Waals surface area contributed by atoms with Gasteiger partial charge >= 0.3 is 0 Å². The van der Waals surface area contributed by atoms with E-state index in [1.165, 1.54) is 12.1 Å². The van der Waals surface area contributed by atoms with Crippen molar-refractivity contribution < 1.29 is 13.2 Å². The molecule has 0 aliphatic rings. The Morgan fingerprint density at radius 1 is 0.909 bits per heavy atom. The van der Waals surface area contributed by atoms with E-state index < -0.39 is 15.9 Å². The van der Waals surface area contributed by atoms with Crippen LogP contribution in [0.4, 0.5) is 0 Å². The van der Waals surface area contributed by atoms with Gasteiger partial charge in [-0.3, -0.25) is 4.79 Å². The lowest BCUT2D eigenvalue weighted by Gasteiger charge is -2.10. The summed E-state index contributed by atoms with van der Waals surface area (Å²) < 4.78 is 30.1. The zero-order valence-corrected chi connectivity index (χ0v) is 20.1. The maximum Gasteiger partial charge on any atom is 0.266 e. The Hall–Kier alpha value is 0.780. The Balaban J connectivity index is 2.34. The van der Waals surface area contributed by atoms with Crippen LogP contribution in [0.1, 0.15) is 10.4 Å². The van der Waals surface area contributed by atoms with Gasteiger partial charge in [-0.15, -0.1) is 0 Å². The fraction of sp³-hybridized carbons (Fsp3) is 0. The molecule has 0 radical (unpaired) electrons. The minimum Gasteiger partial charge on any atom is -0.268 e. The zero-order chi connectivity index (χ0) is 16.5. The summed E-state index contributed by atoms with van der Waals surface area (Å²) in [5.41, 5.74) is 0.353. The zero-order valence-electron chi connectivity index (χ0n) is 10.6. The maximum atomic E-state index is 12.3. The number of hydrogen-bond donors (Lipinski definition) is 1. The summed E-state index contributed by atoms with van der Waals surface area (Å²) in [6.07, 6.45) is 0. The highest BCUT2D eigenvalue weighted by Crippen LogP contribution is 2.23. The number of sulfonamides is 1. The van der Waals surface area contributed by atoms with Crippen LogP contribution in [0, 0.1) is 14.3 Å². The van der Waals surface area contributed by atoms with Crippen molar-refractivity contribution in [2.45, 2.75) is 4.90 Å². The van der Waals surface area contributed by atoms with Gasteiger partial charge in [0.25, 0.3) is 15.9 Å². The molecule has 2 aromatic carbocycles. The predicted molar refractivity (Wildman–Crippen MR) is 118 cm³/mol. The van der Waals surface area contributed by atoms with Crippen LogP contribution in [0.5, 0.6) is 0 Å². The van der Waals surface area contributed by atoms with Gasteiger partial charge in [0, 0.05) is 14.3 Å². The van der Waals surface area contributed by atoms with Crippen LogP contribution in [0.3, 0.4) is 0 Å². The van der Waals surface area contributed by atoms with Crippen LogP contribution < -0.4 is 4.72 Å². The molecule has 22 heavy (non-hydrogen) atoms. The molecule has 0 saturated carbocycles. The van der Waals surface area contributed by atoms with E-state index in [2.05, 4.69) is 72.5 Å². The van der Waals surface area contributed by atoms with Gasteiger partial charge in [-0.1, -0.05) is 0 Å². The lowest BCUT2D eigenvalue weighted by Crippen LogP contribution is -2.31. The third-order valence-electron chi connectivity index (χ3n) is 2.59. The van der Waals surface area contributed by atoms with Crippen LogP contribution in [-0.4, -0.2) is 14.3 Å². The first kappa shape index (κ1) is 19.1. The first-order valence-electron chi connectivity index (χ1n) is 5.68. The smallest absolute Gasteiger partial charge is 0.266 e. The highest BCUT2D eigenvalue weighted by atomic mass is 127. The predicted octanol–water partition coefficient (Wildman–Crippen LogP) is 4.22. The Bertz CT molecular complexity index is 835. The van der Waals surface area contributed by atoms with Crippen molar-refractivity contribution in [2.75, 3.05) is 0 Å². The molecule has 2 aromatic rings. The van der Waals surface area contributed by atoms with E-state index >= 15 is 0 Å². The first-order chi connectivity index (χ1) is 10.2. The molecule has 0 atom stereocenters. The molecule has 1 amide bonds. The average Bonchev–Trinajstić information content (AvgIpc) is 2.42. The van der Waals surface area contributed by atoms with E-state index in [0.717, 1.165) is 14.3 Å². The first-order valence-corrected chi connectivity index (χ1v) is 11.5. The van der Waals surface area contributed by atoms with Gasteiger partial charge in [-0.25, -0.2) is 13.1 Å². The van der Waals surface area contributed by atoms with Crippen molar-refractivity contribution in [1.29, 1.82) is 0 Å². The monoisotopic (exact) mass is 765 g/mol. The molecule has 0 heterocycles. The molecule has 9 heteroatoms. The van der Waals surface area contributed by atoms with Crippen molar-refractivity contribution in [3.05, 3.63) is 56.2 Å². The van der Waals surface area contributed by atoms with Gasteiger partial charge in [-0.2, -0.15) is 0 Å². The molecule has 2 rings (SSSR count). The maximum absolute atomic E-state index is 12.3. The van der Waals surface area contributed by atoms with Gasteiger partial charge in [0.05, 0.1) is 10.5 Å². The summed E-state index contributed by atoms with van der Waals surface area (Å²) in [4.78, 5) is 12.4. The highest BCUT2D eigenvalue weighted by Gasteiger charge is 2.21. The van der Waals surface area contributed by atoms with Gasteiger partial charge in [0.2, 0.25) is 0 Å². The van der Waals surface area contributed by atoms with Crippen molar-refractivity contribution in [2.24, 2.45) is 0 Å². The van der Waals surface area contributed by atoms with Gasteiger partial charge in [-0.05, 0) is 127 Å². The minimum atomic E-state index is -3.88. The van der Waals surface area contributed by atoms with Crippen molar-refractivity contribution in [3.8, 4) is 0 Å². The van der Waals surface area contributed by atoms with Crippen LogP contribution >= 0.6 is 90.4 Å². The summed E-state index contributed by atoms with van der Waals surface area (Å²) >= 11 is 8.34. The summed E-state index contributed by atoms with van der Waals surface area (Å²) in [6, 6.07) is 9.90. The molecule has 0 bridgehead atoms. The SMILES string of the molecule is O=C(NS(=O)(=O)c1ccc(I)cc1)c1cc(I)cc(I)c1I. The minimum absolute atomic E-state index is 0.0663. The molecule has 0 aliphatic heterocycles. The molecule has 0 unspecified atom stereocenters. The average molecular weight is 765 g/mol. The van der Waals surface area contributed by atoms with Gasteiger partial charge < -0.3 is 0 Å². The highest BCUT2D eigenvalue weighted by molar-refractivity contribution is 14.1. The molecule has 0 fully saturated rings. The molecule has 116 valence electrons. The number of rotatable bonds is 3. The fourth-order valence-corrected chi connectivity index (χ4v) is 5.30. The number of carbonyl (C=O) groups is 1. The molecular formula is C13H7I4NO3S. The molecule has 1 N–H and O–H groups in total. The number of amides is 1. The van der Waals surface area contributed by atoms with Crippen molar-refractivity contribution in [3.63, 3.8) is 0 Å². The molecule has 0 spiro atoms. The molecule has 0 aliphatic carbocycles. The van der Waals surface area contributed by atoms with Crippen molar-refractivity contribution >= 4 is 106 Å². The molecule has 0 saturated heterocycles. The van der Waals surface area contributed by atoms with Gasteiger partial charge in [0.1, 0.15) is 0 Å². The Labute approximate surface area is 182 Å². The second-order valence-electron chi connectivity index (χ2n) is 4.14. The van der Waals surface area contributed by atoms with E-state index in [-0.39, 0.29) is 4.90 Å². The van der Waals surface area contributed by atoms with E-state index in [9.17, 15) is 13.2 Å². The Kier molecular flexibility index (Phi) is 6.75. The largest absolute Gasteiger partial charge is 0.268 e. The third-order valence-corrected chi connectivity index (χ3v) is 8.32. The topological polar surface area (TPSA) is 63.2 Å². The van der Waals surface area contributed by atoms with E-state index in [4.69, 9.17) is 0 Å². The summed E-state index contributed by atoms with van der Waals surface area (Å²) in [6.45, 7) is 0. The van der Waals surface area contributed by atoms with E-state index in [1.807, 2.05) is 28.7 Å². The molecule has 4 nitrogen and oxygen atoms in total. The van der Waals surface area contributed by atoms with E-state index in [0.29, 0.717) is 5.56 Å². The fourth-order valence-electron chi connectivity index (χ4n) is 1.57. The van der Waals surface area contributed by atoms with Crippen LogP contribution in [0.15, 0.2) is 41.3 Å². The summed E-state index contributed by atoms with van der Waals surface area (Å²) in [5.74, 6) is -0.626. The standard InChI is InChI=1S/C13H7I4NO3S/c14-7-1-3-9(4-2-7)22(20,21)18-13(19)10-5-8(15)6-11(16)12(10)17/h1-6H,(H,18,19). The summed E-state index contributed by atoms with van der Waals surface area (Å²) in [5, 5.41) is 0. The lowest BCUT2D eigenvalue weighted by molar-refractivity contribution is 0.0980. The number of hydrogen-bond acceptors (Lipinski definition) is 3. The van der Waals surface area contributed by atoms with Crippen LogP contribution in [0.2, 0.25) is 0 Å². The number of nitrogens with one attached hydrogen (secondary N) is 1. The quantitative estimate of drug-likeness (QED) is 0.377. The van der Waals surface area contributed by atoms with E-state index in [1.54, 1.807) is 18.2 Å². The van der Waals surface area contributed by atoms with Crippen LogP contribution in [0.25, 0.3) is 0 Å². The normalized spacial score (nSPS) is 11.3. The number of halogens is 4. The third kappa shape index (κ3) is 4.66. The van der Waals surface area contributed by atoms with Crippen molar-refractivity contribution in [1.82, 2.24) is 4.72 Å². The number of carbonyl (C=O) groups excluding carboxylic acids is 1. The second-order valence-corrected chi connectivity index (χ2v) is 10.6.